The van der Waals surface area contributed by atoms with Crippen molar-refractivity contribution in [2.75, 3.05) is 18.4 Å². The average Bonchev–Trinajstić information content (AvgIpc) is 3.51. The highest BCUT2D eigenvalue weighted by Gasteiger charge is 2.70. The molecular weight excluding hydrogens is 568 g/mol. The second-order valence-electron chi connectivity index (χ2n) is 11.4. The number of benzene rings is 3. The summed E-state index contributed by atoms with van der Waals surface area (Å²) in [5, 5.41) is 12.8. The lowest BCUT2D eigenvalue weighted by Crippen LogP contribution is -2.53. The quantitative estimate of drug-likeness (QED) is 0.392. The molecule has 1 unspecified atom stereocenters. The molecule has 7 rings (SSSR count). The summed E-state index contributed by atoms with van der Waals surface area (Å²) < 4.78 is 16.0. The fourth-order valence-electron chi connectivity index (χ4n) is 7.30. The summed E-state index contributed by atoms with van der Waals surface area (Å²) in [7, 11) is 0. The first-order valence-electron chi connectivity index (χ1n) is 13.7. The minimum Gasteiger partial charge on any atom is -0.478 e. The zero-order chi connectivity index (χ0) is 28.6. The monoisotopic (exact) mass is 593 g/mol. The Balaban J connectivity index is 1.43. The van der Waals surface area contributed by atoms with Gasteiger partial charge in [-0.05, 0) is 73.2 Å². The lowest BCUT2D eigenvalue weighted by atomic mass is 9.73. The summed E-state index contributed by atoms with van der Waals surface area (Å²) in [6.07, 6.45) is 2.70. The molecule has 0 bridgehead atoms. The van der Waals surface area contributed by atoms with E-state index in [4.69, 9.17) is 23.2 Å². The lowest BCUT2D eigenvalue weighted by Gasteiger charge is -2.41. The topological polar surface area (TPSA) is 90.0 Å². The first-order valence-corrected chi connectivity index (χ1v) is 14.4. The predicted octanol–water partition coefficient (Wildman–Crippen LogP) is 5.77. The van der Waals surface area contributed by atoms with E-state index < -0.39 is 29.3 Å². The number of hydrogen-bond acceptors (Lipinski definition) is 4. The number of nitrogens with zero attached hydrogens (tertiary/aromatic N) is 2. The van der Waals surface area contributed by atoms with Crippen molar-refractivity contribution in [2.45, 2.75) is 42.8 Å². The van der Waals surface area contributed by atoms with Crippen LogP contribution in [-0.2, 0) is 10.3 Å². The van der Waals surface area contributed by atoms with Gasteiger partial charge in [0, 0.05) is 46.9 Å². The number of carboxylic acids is 1. The molecule has 3 aromatic carbocycles. The van der Waals surface area contributed by atoms with Crippen molar-refractivity contribution >= 4 is 46.7 Å². The van der Waals surface area contributed by atoms with Crippen molar-refractivity contribution in [3.63, 3.8) is 0 Å². The molecule has 7 nitrogen and oxygen atoms in total. The van der Waals surface area contributed by atoms with Gasteiger partial charge in [-0.1, -0.05) is 41.4 Å². The van der Waals surface area contributed by atoms with Gasteiger partial charge in [-0.2, -0.15) is 0 Å². The minimum absolute atomic E-state index is 0.0512. The van der Waals surface area contributed by atoms with Crippen LogP contribution in [0, 0.1) is 11.7 Å². The highest BCUT2D eigenvalue weighted by atomic mass is 35.5. The van der Waals surface area contributed by atoms with Gasteiger partial charge in [0.1, 0.15) is 11.4 Å². The molecule has 3 heterocycles. The number of amides is 2. The number of anilines is 1. The Kier molecular flexibility index (Phi) is 6.15. The summed E-state index contributed by atoms with van der Waals surface area (Å²) in [6.45, 7) is 1.06. The SMILES string of the molecule is O=C(O)c1ccc(C(=O)N2CC[C@H]3C2[C@H](c2cccc(Cl)c2F)[C@]2(C(=O)Nc4cc(Cl)ccc42)N3CC2CC2)cc1. The average molecular weight is 594 g/mol. The van der Waals surface area contributed by atoms with Crippen LogP contribution in [0.4, 0.5) is 10.1 Å². The normalized spacial score (nSPS) is 26.8. The number of aromatic carboxylic acids is 1. The molecule has 0 radical (unpaired) electrons. The number of rotatable bonds is 5. The van der Waals surface area contributed by atoms with Crippen molar-refractivity contribution < 1.29 is 23.9 Å². The molecule has 3 aliphatic heterocycles. The zero-order valence-corrected chi connectivity index (χ0v) is 23.3. The maximum Gasteiger partial charge on any atom is 0.335 e. The molecule has 0 aromatic heterocycles. The number of carboxylic acid groups (broad SMARTS) is 1. The van der Waals surface area contributed by atoms with Gasteiger partial charge in [-0.15, -0.1) is 0 Å². The molecule has 4 atom stereocenters. The van der Waals surface area contributed by atoms with Gasteiger partial charge in [-0.3, -0.25) is 14.5 Å². The Hall–Kier alpha value is -3.46. The first kappa shape index (κ1) is 26.4. The van der Waals surface area contributed by atoms with Gasteiger partial charge in [-0.25, -0.2) is 9.18 Å². The van der Waals surface area contributed by atoms with Crippen LogP contribution >= 0.6 is 23.2 Å². The van der Waals surface area contributed by atoms with E-state index in [1.807, 2.05) is 6.07 Å². The fraction of sp³-hybridized carbons (Fsp3) is 0.323. The molecular formula is C31H26Cl2FN3O4. The number of likely N-dealkylation sites (tertiary alicyclic amines) is 2. The molecule has 2 N–H and O–H groups in total. The number of carbonyl (C=O) groups excluding carboxylic acids is 2. The number of hydrogen-bond donors (Lipinski definition) is 2. The third-order valence-electron chi connectivity index (χ3n) is 9.16. The summed E-state index contributed by atoms with van der Waals surface area (Å²) in [5.74, 6) is -2.61. The van der Waals surface area contributed by atoms with Crippen LogP contribution in [0.15, 0.2) is 60.7 Å². The summed E-state index contributed by atoms with van der Waals surface area (Å²) in [6, 6.07) is 15.1. The van der Waals surface area contributed by atoms with E-state index in [2.05, 4.69) is 10.2 Å². The maximum atomic E-state index is 16.0. The van der Waals surface area contributed by atoms with Crippen LogP contribution in [0.1, 0.15) is 57.0 Å². The summed E-state index contributed by atoms with van der Waals surface area (Å²) in [4.78, 5) is 43.7. The van der Waals surface area contributed by atoms with Crippen LogP contribution in [0.2, 0.25) is 10.0 Å². The number of fused-ring (bicyclic) bond motifs is 3. The summed E-state index contributed by atoms with van der Waals surface area (Å²) in [5.41, 5.74) is 0.703. The number of nitrogens with one attached hydrogen (secondary N) is 1. The molecule has 3 aromatic rings. The van der Waals surface area contributed by atoms with E-state index in [9.17, 15) is 19.5 Å². The van der Waals surface area contributed by atoms with Gasteiger partial charge in [0.2, 0.25) is 5.91 Å². The van der Waals surface area contributed by atoms with Gasteiger partial charge >= 0.3 is 5.97 Å². The molecule has 1 saturated carbocycles. The van der Waals surface area contributed by atoms with Crippen LogP contribution in [-0.4, -0.2) is 57.9 Å². The van der Waals surface area contributed by atoms with Gasteiger partial charge in [0.15, 0.2) is 0 Å². The molecule has 3 fully saturated rings. The standard InChI is InChI=1S/C31H26Cl2FN3O4/c32-19-10-11-21-23(14-19)35-30(41)31(21)25(20-2-1-3-22(33)26(20)34)27-24(37(31)15-16-4-5-16)12-13-36(27)28(38)17-6-8-18(9-7-17)29(39)40/h1-3,6-11,14,16,24-25,27H,4-5,12-13,15H2,(H,35,41)(H,39,40)/t24-,25-,27?,31+/m0/s1. The van der Waals surface area contributed by atoms with E-state index in [0.717, 1.165) is 12.8 Å². The highest BCUT2D eigenvalue weighted by molar-refractivity contribution is 6.31. The second-order valence-corrected chi connectivity index (χ2v) is 12.2. The third kappa shape index (κ3) is 3.91. The Bertz CT molecular complexity index is 1610. The second kappa shape index (κ2) is 9.54. The van der Waals surface area contributed by atoms with Crippen molar-refractivity contribution in [1.82, 2.24) is 9.80 Å². The first-order chi connectivity index (χ1) is 19.7. The Morgan fingerprint density at radius 2 is 1.76 bits per heavy atom. The molecule has 10 heteroatoms. The minimum atomic E-state index is -1.28. The van der Waals surface area contributed by atoms with Crippen LogP contribution in [0.3, 0.4) is 0 Å². The van der Waals surface area contributed by atoms with E-state index in [-0.39, 0.29) is 34.0 Å². The molecule has 1 aliphatic carbocycles. The van der Waals surface area contributed by atoms with Crippen LogP contribution < -0.4 is 5.32 Å². The number of halogens is 3. The Morgan fingerprint density at radius 3 is 2.46 bits per heavy atom. The maximum absolute atomic E-state index is 16.0. The van der Waals surface area contributed by atoms with Crippen LogP contribution in [0.5, 0.6) is 0 Å². The van der Waals surface area contributed by atoms with Gasteiger partial charge in [0.05, 0.1) is 16.6 Å². The van der Waals surface area contributed by atoms with E-state index in [1.165, 1.54) is 30.3 Å². The van der Waals surface area contributed by atoms with Crippen molar-refractivity contribution in [3.05, 3.63) is 98.8 Å². The van der Waals surface area contributed by atoms with Crippen molar-refractivity contribution in [1.29, 1.82) is 0 Å². The number of carbonyl (C=O) groups is 3. The van der Waals surface area contributed by atoms with Crippen LogP contribution in [0.25, 0.3) is 0 Å². The van der Waals surface area contributed by atoms with Gasteiger partial charge in [0.25, 0.3) is 5.91 Å². The molecule has 2 amide bonds. The molecule has 41 heavy (non-hydrogen) atoms. The molecule has 2 saturated heterocycles. The molecule has 4 aliphatic rings. The van der Waals surface area contributed by atoms with Gasteiger partial charge < -0.3 is 15.3 Å². The van der Waals surface area contributed by atoms with E-state index >= 15 is 4.39 Å². The van der Waals surface area contributed by atoms with Crippen molar-refractivity contribution in [3.8, 4) is 0 Å². The lowest BCUT2D eigenvalue weighted by molar-refractivity contribution is -0.128. The predicted molar refractivity (Wildman–Crippen MR) is 152 cm³/mol. The van der Waals surface area contributed by atoms with E-state index in [0.29, 0.717) is 47.3 Å². The molecule has 210 valence electrons. The largest absolute Gasteiger partial charge is 0.478 e. The third-order valence-corrected chi connectivity index (χ3v) is 9.69. The Labute approximate surface area is 245 Å². The zero-order valence-electron chi connectivity index (χ0n) is 21.8. The van der Waals surface area contributed by atoms with Crippen molar-refractivity contribution in [2.24, 2.45) is 5.92 Å². The summed E-state index contributed by atoms with van der Waals surface area (Å²) >= 11 is 12.6. The smallest absolute Gasteiger partial charge is 0.335 e. The molecule has 1 spiro atoms. The fourth-order valence-corrected chi connectivity index (χ4v) is 7.65. The van der Waals surface area contributed by atoms with E-state index in [1.54, 1.807) is 29.2 Å². The Morgan fingerprint density at radius 1 is 1.02 bits per heavy atom. The highest BCUT2D eigenvalue weighted by Crippen LogP contribution is 2.61.